The van der Waals surface area contributed by atoms with Crippen molar-refractivity contribution in [3.05, 3.63) is 73.0 Å². The molecule has 1 N–H and O–H groups in total. The minimum atomic E-state index is -0.955. The van der Waals surface area contributed by atoms with Crippen LogP contribution < -0.4 is 4.90 Å². The number of aromatic amines is 1. The summed E-state index contributed by atoms with van der Waals surface area (Å²) in [5.41, 5.74) is 3.24. The van der Waals surface area contributed by atoms with Gasteiger partial charge in [0.1, 0.15) is 17.8 Å². The van der Waals surface area contributed by atoms with Crippen molar-refractivity contribution in [1.82, 2.24) is 34.6 Å². The van der Waals surface area contributed by atoms with Crippen molar-refractivity contribution in [3.8, 4) is 28.2 Å². The van der Waals surface area contributed by atoms with Gasteiger partial charge in [0.25, 0.3) is 0 Å². The van der Waals surface area contributed by atoms with E-state index in [1.54, 1.807) is 6.20 Å². The van der Waals surface area contributed by atoms with Gasteiger partial charge in [0.2, 0.25) is 0 Å². The minimum absolute atomic E-state index is 0.0400. The van der Waals surface area contributed by atoms with Crippen molar-refractivity contribution in [2.24, 2.45) is 0 Å². The number of likely N-dealkylation sites (tertiary alicyclic amines) is 1. The van der Waals surface area contributed by atoms with Crippen LogP contribution >= 0.6 is 0 Å². The smallest absolute Gasteiger partial charge is 0.182 e. The molecular weight excluding hydrogens is 498 g/mol. The van der Waals surface area contributed by atoms with Gasteiger partial charge < -0.3 is 14.8 Å². The van der Waals surface area contributed by atoms with E-state index in [1.165, 1.54) is 61.8 Å². The molecule has 0 saturated carbocycles. The van der Waals surface area contributed by atoms with Gasteiger partial charge in [-0.1, -0.05) is 6.07 Å². The second-order valence-corrected chi connectivity index (χ2v) is 10.3. The molecule has 5 aromatic rings. The molecular formula is C29H28F2N8. The number of benzene rings is 1. The Morgan fingerprint density at radius 3 is 2.67 bits per heavy atom. The summed E-state index contributed by atoms with van der Waals surface area (Å²) >= 11 is 0. The van der Waals surface area contributed by atoms with Crippen molar-refractivity contribution < 1.29 is 8.78 Å². The largest absolute Gasteiger partial charge is 0.352 e. The highest BCUT2D eigenvalue weighted by molar-refractivity contribution is 5.94. The first kappa shape index (κ1) is 23.9. The topological polar surface area (TPSA) is 78.8 Å². The fourth-order valence-corrected chi connectivity index (χ4v) is 5.94. The lowest BCUT2D eigenvalue weighted by molar-refractivity contribution is 0.313. The molecule has 2 aliphatic rings. The molecule has 10 heteroatoms. The molecule has 0 aliphatic carbocycles. The van der Waals surface area contributed by atoms with Crippen molar-refractivity contribution >= 4 is 16.9 Å². The van der Waals surface area contributed by atoms with Gasteiger partial charge in [-0.2, -0.15) is 0 Å². The number of halogens is 2. The number of H-pyrrole nitrogens is 1. The SMILES string of the molecule is Fc1cccc(-n2cnnc2-c2c[nH]c3ncc(-c4ccc(N5CCCC5CN5CCCC5)nc4)cc23)c1F. The lowest BCUT2D eigenvalue weighted by Crippen LogP contribution is -2.39. The maximum absolute atomic E-state index is 14.6. The van der Waals surface area contributed by atoms with E-state index in [4.69, 9.17) is 4.98 Å². The summed E-state index contributed by atoms with van der Waals surface area (Å²) in [5.74, 6) is -0.482. The zero-order chi connectivity index (χ0) is 26.3. The molecule has 0 amide bonds. The highest BCUT2D eigenvalue weighted by atomic mass is 19.2. The Morgan fingerprint density at radius 1 is 0.949 bits per heavy atom. The van der Waals surface area contributed by atoms with E-state index in [1.807, 2.05) is 18.5 Å². The zero-order valence-corrected chi connectivity index (χ0v) is 21.4. The molecule has 1 aromatic carbocycles. The fourth-order valence-electron chi connectivity index (χ4n) is 5.94. The predicted molar refractivity (Wildman–Crippen MR) is 146 cm³/mol. The molecule has 6 heterocycles. The average molecular weight is 527 g/mol. The summed E-state index contributed by atoms with van der Waals surface area (Å²) in [5, 5.41) is 8.98. The van der Waals surface area contributed by atoms with Crippen LogP contribution in [0.15, 0.2) is 61.3 Å². The Morgan fingerprint density at radius 2 is 1.82 bits per heavy atom. The normalized spacial score (nSPS) is 18.0. The van der Waals surface area contributed by atoms with E-state index in [2.05, 4.69) is 42.1 Å². The van der Waals surface area contributed by atoms with E-state index in [9.17, 15) is 8.78 Å². The average Bonchev–Trinajstić information content (AvgIpc) is 3.77. The third-order valence-corrected chi connectivity index (χ3v) is 7.93. The Kier molecular flexibility index (Phi) is 6.04. The molecule has 1 unspecified atom stereocenters. The summed E-state index contributed by atoms with van der Waals surface area (Å²) in [7, 11) is 0. The minimum Gasteiger partial charge on any atom is -0.352 e. The number of nitrogens with one attached hydrogen (secondary N) is 1. The van der Waals surface area contributed by atoms with Gasteiger partial charge in [0, 0.05) is 59.8 Å². The van der Waals surface area contributed by atoms with Gasteiger partial charge in [-0.3, -0.25) is 4.57 Å². The van der Waals surface area contributed by atoms with E-state index < -0.39 is 11.6 Å². The first-order chi connectivity index (χ1) is 19.2. The van der Waals surface area contributed by atoms with Crippen LogP contribution in [-0.2, 0) is 0 Å². The Labute approximate surface area is 224 Å². The second kappa shape index (κ2) is 9.85. The second-order valence-electron chi connectivity index (χ2n) is 10.3. The Balaban J connectivity index is 1.18. The van der Waals surface area contributed by atoms with Gasteiger partial charge in [-0.05, 0) is 69.1 Å². The number of pyridine rings is 2. The number of anilines is 1. The van der Waals surface area contributed by atoms with Crippen molar-refractivity contribution in [2.45, 2.75) is 31.7 Å². The monoisotopic (exact) mass is 526 g/mol. The molecule has 7 rings (SSSR count). The quantitative estimate of drug-likeness (QED) is 0.327. The van der Waals surface area contributed by atoms with Crippen LogP contribution in [0.1, 0.15) is 25.7 Å². The van der Waals surface area contributed by atoms with Crippen LogP contribution in [-0.4, -0.2) is 66.8 Å². The molecule has 39 heavy (non-hydrogen) atoms. The van der Waals surface area contributed by atoms with E-state index >= 15 is 0 Å². The van der Waals surface area contributed by atoms with E-state index in [-0.39, 0.29) is 5.69 Å². The lowest BCUT2D eigenvalue weighted by Gasteiger charge is -2.29. The van der Waals surface area contributed by atoms with Crippen molar-refractivity contribution in [2.75, 3.05) is 31.1 Å². The van der Waals surface area contributed by atoms with Crippen molar-refractivity contribution in [3.63, 3.8) is 0 Å². The van der Waals surface area contributed by atoms with Crippen LogP contribution in [0.25, 0.3) is 39.2 Å². The molecule has 2 saturated heterocycles. The fraction of sp³-hybridized carbons (Fsp3) is 0.310. The Hall–Kier alpha value is -4.18. The molecule has 0 spiro atoms. The summed E-state index contributed by atoms with van der Waals surface area (Å²) < 4.78 is 29.9. The molecule has 4 aromatic heterocycles. The van der Waals surface area contributed by atoms with Crippen LogP contribution in [0.3, 0.4) is 0 Å². The molecule has 0 bridgehead atoms. The van der Waals surface area contributed by atoms with Gasteiger partial charge >= 0.3 is 0 Å². The van der Waals surface area contributed by atoms with Crippen LogP contribution in [0, 0.1) is 11.6 Å². The van der Waals surface area contributed by atoms with Crippen LogP contribution in [0.5, 0.6) is 0 Å². The standard InChI is InChI=1S/C29H28F2N8/c30-24-6-3-7-25(27(24)31)39-18-35-36-29(39)23-16-34-28-22(23)13-20(15-33-28)19-8-9-26(32-14-19)38-12-4-5-21(38)17-37-10-1-2-11-37/h3,6-9,13-16,18,21H,1-2,4-5,10-12,17H2,(H,33,34). The third-order valence-electron chi connectivity index (χ3n) is 7.93. The number of fused-ring (bicyclic) bond motifs is 1. The van der Waals surface area contributed by atoms with Crippen LogP contribution in [0.2, 0.25) is 0 Å². The summed E-state index contributed by atoms with van der Waals surface area (Å²) in [4.78, 5) is 17.6. The summed E-state index contributed by atoms with van der Waals surface area (Å²) in [6.07, 6.45) is 11.9. The number of aromatic nitrogens is 6. The molecule has 2 aliphatic heterocycles. The molecule has 198 valence electrons. The predicted octanol–water partition coefficient (Wildman–Crippen LogP) is 5.22. The van der Waals surface area contributed by atoms with Gasteiger partial charge in [-0.15, -0.1) is 10.2 Å². The maximum Gasteiger partial charge on any atom is 0.182 e. The molecule has 2 fully saturated rings. The molecule has 8 nitrogen and oxygen atoms in total. The number of hydrogen-bond donors (Lipinski definition) is 1. The van der Waals surface area contributed by atoms with E-state index in [0.29, 0.717) is 23.1 Å². The highest BCUT2D eigenvalue weighted by Crippen LogP contribution is 2.33. The zero-order valence-electron chi connectivity index (χ0n) is 21.4. The van der Waals surface area contributed by atoms with Gasteiger partial charge in [0.05, 0.1) is 5.69 Å². The van der Waals surface area contributed by atoms with Crippen molar-refractivity contribution in [1.29, 1.82) is 0 Å². The maximum atomic E-state index is 14.6. The molecule has 0 radical (unpaired) electrons. The number of hydrogen-bond acceptors (Lipinski definition) is 6. The lowest BCUT2D eigenvalue weighted by atomic mass is 10.1. The Bertz CT molecular complexity index is 1620. The van der Waals surface area contributed by atoms with Crippen LogP contribution in [0.4, 0.5) is 14.6 Å². The number of nitrogens with zero attached hydrogens (tertiary/aromatic N) is 7. The van der Waals surface area contributed by atoms with E-state index in [0.717, 1.165) is 41.5 Å². The molecule has 1 atom stereocenters. The van der Waals surface area contributed by atoms with Gasteiger partial charge in [0.15, 0.2) is 17.5 Å². The number of rotatable bonds is 6. The summed E-state index contributed by atoms with van der Waals surface area (Å²) in [6, 6.07) is 10.8. The highest BCUT2D eigenvalue weighted by Gasteiger charge is 2.28. The first-order valence-electron chi connectivity index (χ1n) is 13.4. The van der Waals surface area contributed by atoms with Gasteiger partial charge in [-0.25, -0.2) is 18.7 Å². The first-order valence-corrected chi connectivity index (χ1v) is 13.4. The summed E-state index contributed by atoms with van der Waals surface area (Å²) in [6.45, 7) is 4.57. The third kappa shape index (κ3) is 4.34.